The Morgan fingerprint density at radius 1 is 1.47 bits per heavy atom. The summed E-state index contributed by atoms with van der Waals surface area (Å²) in [5.74, 6) is 0.434. The molecule has 1 saturated carbocycles. The summed E-state index contributed by atoms with van der Waals surface area (Å²) in [6.07, 6.45) is 2.05. The van der Waals surface area contributed by atoms with Crippen molar-refractivity contribution in [1.82, 2.24) is 10.2 Å². The van der Waals surface area contributed by atoms with Crippen molar-refractivity contribution >= 4 is 16.7 Å². The number of nitrogens with zero attached hydrogens (tertiary/aromatic N) is 1. The molecule has 0 amide bonds. The van der Waals surface area contributed by atoms with Crippen molar-refractivity contribution in [2.45, 2.75) is 19.8 Å². The number of benzene rings is 1. The SMILES string of the molecule is Cc1cccc2c(C(=O)C3CC3)n[nH]c12. The molecule has 1 aromatic carbocycles. The Morgan fingerprint density at radius 2 is 2.27 bits per heavy atom. The predicted octanol–water partition coefficient (Wildman–Crippen LogP) is 2.46. The molecule has 0 atom stereocenters. The number of carbonyl (C=O) groups excluding carboxylic acids is 1. The summed E-state index contributed by atoms with van der Waals surface area (Å²) in [5.41, 5.74) is 2.74. The van der Waals surface area contributed by atoms with E-state index in [0.717, 1.165) is 29.3 Å². The zero-order valence-corrected chi connectivity index (χ0v) is 8.58. The van der Waals surface area contributed by atoms with E-state index in [1.54, 1.807) is 0 Å². The zero-order valence-electron chi connectivity index (χ0n) is 8.58. The average Bonchev–Trinajstić information content (AvgIpc) is 2.98. The van der Waals surface area contributed by atoms with Crippen LogP contribution in [0, 0.1) is 12.8 Å². The summed E-state index contributed by atoms with van der Waals surface area (Å²) >= 11 is 0. The quantitative estimate of drug-likeness (QED) is 0.757. The molecule has 3 heteroatoms. The smallest absolute Gasteiger partial charge is 0.186 e. The van der Waals surface area contributed by atoms with E-state index in [-0.39, 0.29) is 11.7 Å². The van der Waals surface area contributed by atoms with Crippen molar-refractivity contribution in [2.24, 2.45) is 5.92 Å². The van der Waals surface area contributed by atoms with Gasteiger partial charge in [-0.15, -0.1) is 0 Å². The molecular weight excluding hydrogens is 188 g/mol. The molecule has 3 nitrogen and oxygen atoms in total. The molecule has 0 spiro atoms. The Kier molecular flexibility index (Phi) is 1.69. The minimum Gasteiger partial charge on any atom is -0.292 e. The van der Waals surface area contributed by atoms with Crippen LogP contribution in [0.15, 0.2) is 18.2 Å². The number of aryl methyl sites for hydroxylation is 1. The van der Waals surface area contributed by atoms with Crippen molar-refractivity contribution in [3.05, 3.63) is 29.5 Å². The number of rotatable bonds is 2. The molecule has 0 radical (unpaired) electrons. The lowest BCUT2D eigenvalue weighted by Gasteiger charge is -1.95. The normalized spacial score (nSPS) is 15.8. The molecule has 2 aromatic rings. The van der Waals surface area contributed by atoms with Crippen LogP contribution in [0.25, 0.3) is 10.9 Å². The van der Waals surface area contributed by atoms with Crippen LogP contribution in [-0.2, 0) is 0 Å². The van der Waals surface area contributed by atoms with Gasteiger partial charge in [-0.2, -0.15) is 5.10 Å². The fourth-order valence-corrected chi connectivity index (χ4v) is 1.91. The Balaban J connectivity index is 2.19. The van der Waals surface area contributed by atoms with E-state index in [9.17, 15) is 4.79 Å². The molecule has 0 aliphatic heterocycles. The van der Waals surface area contributed by atoms with Gasteiger partial charge in [-0.1, -0.05) is 18.2 Å². The standard InChI is InChI=1S/C12H12N2O/c1-7-3-2-4-9-10(7)13-14-11(9)12(15)8-5-6-8/h2-4,8H,5-6H2,1H3,(H,13,14). The summed E-state index contributed by atoms with van der Waals surface area (Å²) < 4.78 is 0. The largest absolute Gasteiger partial charge is 0.292 e. The van der Waals surface area contributed by atoms with Crippen LogP contribution in [0.5, 0.6) is 0 Å². The summed E-state index contributed by atoms with van der Waals surface area (Å²) in [6.45, 7) is 2.02. The van der Waals surface area contributed by atoms with E-state index < -0.39 is 0 Å². The number of fused-ring (bicyclic) bond motifs is 1. The first kappa shape index (κ1) is 8.65. The lowest BCUT2D eigenvalue weighted by Crippen LogP contribution is -2.02. The highest BCUT2D eigenvalue weighted by Gasteiger charge is 2.32. The van der Waals surface area contributed by atoms with Crippen molar-refractivity contribution in [3.8, 4) is 0 Å². The highest BCUT2D eigenvalue weighted by atomic mass is 16.1. The summed E-state index contributed by atoms with van der Waals surface area (Å²) in [4.78, 5) is 11.9. The maximum atomic E-state index is 11.9. The number of nitrogens with one attached hydrogen (secondary N) is 1. The Bertz CT molecular complexity index is 538. The van der Waals surface area contributed by atoms with Gasteiger partial charge in [0.15, 0.2) is 5.78 Å². The lowest BCUT2D eigenvalue weighted by molar-refractivity contribution is 0.0964. The van der Waals surface area contributed by atoms with Crippen LogP contribution >= 0.6 is 0 Å². The lowest BCUT2D eigenvalue weighted by atomic mass is 10.1. The van der Waals surface area contributed by atoms with Crippen molar-refractivity contribution < 1.29 is 4.79 Å². The van der Waals surface area contributed by atoms with Gasteiger partial charge in [0.1, 0.15) is 5.69 Å². The van der Waals surface area contributed by atoms with E-state index in [1.807, 2.05) is 25.1 Å². The second kappa shape index (κ2) is 2.92. The van der Waals surface area contributed by atoms with E-state index in [0.29, 0.717) is 5.69 Å². The van der Waals surface area contributed by atoms with Gasteiger partial charge in [0.05, 0.1) is 5.52 Å². The van der Waals surface area contributed by atoms with Gasteiger partial charge in [0, 0.05) is 11.3 Å². The number of para-hydroxylation sites is 1. The van der Waals surface area contributed by atoms with Crippen LogP contribution in [0.3, 0.4) is 0 Å². The first-order valence-corrected chi connectivity index (χ1v) is 5.25. The Hall–Kier alpha value is -1.64. The molecule has 3 rings (SSSR count). The predicted molar refractivity (Wildman–Crippen MR) is 57.9 cm³/mol. The first-order valence-electron chi connectivity index (χ1n) is 5.25. The van der Waals surface area contributed by atoms with Gasteiger partial charge >= 0.3 is 0 Å². The zero-order chi connectivity index (χ0) is 10.4. The summed E-state index contributed by atoms with van der Waals surface area (Å²) in [5, 5.41) is 8.06. The molecule has 1 N–H and O–H groups in total. The topological polar surface area (TPSA) is 45.8 Å². The van der Waals surface area contributed by atoms with Gasteiger partial charge in [-0.05, 0) is 25.3 Å². The monoisotopic (exact) mass is 200 g/mol. The van der Waals surface area contributed by atoms with Crippen molar-refractivity contribution in [3.63, 3.8) is 0 Å². The average molecular weight is 200 g/mol. The van der Waals surface area contributed by atoms with Crippen molar-refractivity contribution in [2.75, 3.05) is 0 Å². The number of carbonyl (C=O) groups is 1. The number of ketones is 1. The minimum absolute atomic E-state index is 0.201. The van der Waals surface area contributed by atoms with E-state index in [2.05, 4.69) is 10.2 Å². The van der Waals surface area contributed by atoms with Gasteiger partial charge in [-0.25, -0.2) is 0 Å². The molecule has 1 aliphatic carbocycles. The number of Topliss-reactive ketones (excluding diaryl/α,β-unsaturated/α-hetero) is 1. The second-order valence-corrected chi connectivity index (χ2v) is 4.21. The van der Waals surface area contributed by atoms with Gasteiger partial charge < -0.3 is 0 Å². The van der Waals surface area contributed by atoms with E-state index >= 15 is 0 Å². The molecule has 0 bridgehead atoms. The van der Waals surface area contributed by atoms with Gasteiger partial charge in [-0.3, -0.25) is 9.89 Å². The number of aromatic nitrogens is 2. The number of hydrogen-bond acceptors (Lipinski definition) is 2. The van der Waals surface area contributed by atoms with Crippen LogP contribution < -0.4 is 0 Å². The molecule has 76 valence electrons. The number of H-pyrrole nitrogens is 1. The van der Waals surface area contributed by atoms with Crippen LogP contribution in [0.1, 0.15) is 28.9 Å². The van der Waals surface area contributed by atoms with Crippen LogP contribution in [0.4, 0.5) is 0 Å². The van der Waals surface area contributed by atoms with Crippen LogP contribution in [0.2, 0.25) is 0 Å². The number of aromatic amines is 1. The first-order chi connectivity index (χ1) is 7.27. The third-order valence-electron chi connectivity index (χ3n) is 2.99. The molecule has 0 unspecified atom stereocenters. The van der Waals surface area contributed by atoms with E-state index in [1.165, 1.54) is 0 Å². The summed E-state index contributed by atoms with van der Waals surface area (Å²) in [6, 6.07) is 5.95. The summed E-state index contributed by atoms with van der Waals surface area (Å²) in [7, 11) is 0. The van der Waals surface area contributed by atoms with Gasteiger partial charge in [0.25, 0.3) is 0 Å². The highest BCUT2D eigenvalue weighted by molar-refractivity contribution is 6.08. The maximum absolute atomic E-state index is 11.9. The van der Waals surface area contributed by atoms with Crippen LogP contribution in [-0.4, -0.2) is 16.0 Å². The third kappa shape index (κ3) is 1.27. The minimum atomic E-state index is 0.201. The molecule has 1 heterocycles. The third-order valence-corrected chi connectivity index (χ3v) is 2.99. The second-order valence-electron chi connectivity index (χ2n) is 4.21. The maximum Gasteiger partial charge on any atom is 0.186 e. The fourth-order valence-electron chi connectivity index (χ4n) is 1.91. The molecule has 0 saturated heterocycles. The van der Waals surface area contributed by atoms with Crippen molar-refractivity contribution in [1.29, 1.82) is 0 Å². The molecule has 1 fully saturated rings. The molecule has 1 aromatic heterocycles. The number of hydrogen-bond donors (Lipinski definition) is 1. The Labute approximate surface area is 87.5 Å². The molecule has 1 aliphatic rings. The van der Waals surface area contributed by atoms with E-state index in [4.69, 9.17) is 0 Å². The molecular formula is C12H12N2O. The molecule has 15 heavy (non-hydrogen) atoms. The Morgan fingerprint density at radius 3 is 3.00 bits per heavy atom. The van der Waals surface area contributed by atoms with Gasteiger partial charge in [0.2, 0.25) is 0 Å². The highest BCUT2D eigenvalue weighted by Crippen LogP contribution is 2.34. The fraction of sp³-hybridized carbons (Fsp3) is 0.333.